The van der Waals surface area contributed by atoms with Crippen LogP contribution in [-0.2, 0) is 4.79 Å². The number of pyridine rings is 1. The number of hydrogen-bond donors (Lipinski definition) is 0. The maximum Gasteiger partial charge on any atom is 0.239 e. The van der Waals surface area contributed by atoms with E-state index in [0.717, 1.165) is 6.92 Å². The lowest BCUT2D eigenvalue weighted by Crippen LogP contribution is -2.33. The molecule has 1 amide bonds. The number of amides is 1. The van der Waals surface area contributed by atoms with E-state index in [2.05, 4.69) is 15.0 Å². The van der Waals surface area contributed by atoms with Crippen molar-refractivity contribution in [1.82, 2.24) is 19.9 Å². The molecule has 0 aliphatic heterocycles. The summed E-state index contributed by atoms with van der Waals surface area (Å²) in [5.74, 6) is -2.44. The van der Waals surface area contributed by atoms with Crippen LogP contribution in [0.15, 0.2) is 36.7 Å². The molecule has 3 rings (SSSR count). The van der Waals surface area contributed by atoms with E-state index in [4.69, 9.17) is 4.74 Å². The minimum absolute atomic E-state index is 0.0313. The fraction of sp³-hybridized carbons (Fsp3) is 0.273. The SMILES string of the molecule is CC(=O)N(C)CCN(C)c1cncc(Oc2ccc(-c3nc(F)c(C)c(F)c3F)cc2)n1. The zero-order chi connectivity index (χ0) is 23.4. The number of anilines is 1. The number of benzene rings is 1. The van der Waals surface area contributed by atoms with Crippen LogP contribution in [0.4, 0.5) is 19.0 Å². The van der Waals surface area contributed by atoms with E-state index < -0.39 is 28.8 Å². The van der Waals surface area contributed by atoms with E-state index in [0.29, 0.717) is 24.7 Å². The first-order valence-corrected chi connectivity index (χ1v) is 9.71. The van der Waals surface area contributed by atoms with E-state index in [-0.39, 0.29) is 17.4 Å². The van der Waals surface area contributed by atoms with Crippen molar-refractivity contribution in [3.05, 3.63) is 59.8 Å². The fourth-order valence-corrected chi connectivity index (χ4v) is 2.73. The van der Waals surface area contributed by atoms with Gasteiger partial charge in [0.2, 0.25) is 17.7 Å². The first-order valence-electron chi connectivity index (χ1n) is 9.71. The van der Waals surface area contributed by atoms with Crippen LogP contribution < -0.4 is 9.64 Å². The number of likely N-dealkylation sites (N-methyl/N-ethyl adjacent to an activating group) is 2. The predicted octanol–water partition coefficient (Wildman–Crippen LogP) is 3.97. The Bertz CT molecular complexity index is 1130. The third-order valence-corrected chi connectivity index (χ3v) is 4.90. The van der Waals surface area contributed by atoms with Gasteiger partial charge in [0.05, 0.1) is 12.4 Å². The fourth-order valence-electron chi connectivity index (χ4n) is 2.73. The molecule has 0 aliphatic carbocycles. The van der Waals surface area contributed by atoms with E-state index in [1.807, 2.05) is 11.9 Å². The van der Waals surface area contributed by atoms with Crippen LogP contribution in [0, 0.1) is 24.5 Å². The summed E-state index contributed by atoms with van der Waals surface area (Å²) in [6.45, 7) is 3.68. The summed E-state index contributed by atoms with van der Waals surface area (Å²) in [7, 11) is 3.53. The highest BCUT2D eigenvalue weighted by Crippen LogP contribution is 2.28. The number of rotatable bonds is 7. The van der Waals surface area contributed by atoms with Crippen LogP contribution in [0.5, 0.6) is 11.6 Å². The Morgan fingerprint density at radius 2 is 1.69 bits per heavy atom. The molecule has 168 valence electrons. The normalized spacial score (nSPS) is 10.7. The lowest BCUT2D eigenvalue weighted by Gasteiger charge is -2.22. The summed E-state index contributed by atoms with van der Waals surface area (Å²) >= 11 is 0. The summed E-state index contributed by atoms with van der Waals surface area (Å²) in [5.41, 5.74) is -0.694. The maximum atomic E-state index is 14.2. The van der Waals surface area contributed by atoms with Crippen LogP contribution in [0.25, 0.3) is 11.3 Å². The summed E-state index contributed by atoms with van der Waals surface area (Å²) in [6.07, 6.45) is 3.00. The van der Waals surface area contributed by atoms with E-state index in [9.17, 15) is 18.0 Å². The number of carbonyl (C=O) groups excluding carboxylic acids is 1. The molecular weight excluding hydrogens is 423 g/mol. The average Bonchev–Trinajstić information content (AvgIpc) is 2.79. The molecule has 0 bridgehead atoms. The van der Waals surface area contributed by atoms with Crippen molar-refractivity contribution in [3.63, 3.8) is 0 Å². The van der Waals surface area contributed by atoms with Crippen molar-refractivity contribution in [2.24, 2.45) is 0 Å². The molecule has 0 saturated heterocycles. The van der Waals surface area contributed by atoms with Crippen LogP contribution in [0.3, 0.4) is 0 Å². The third-order valence-electron chi connectivity index (χ3n) is 4.90. The van der Waals surface area contributed by atoms with Gasteiger partial charge in [-0.3, -0.25) is 9.78 Å². The zero-order valence-corrected chi connectivity index (χ0v) is 18.1. The zero-order valence-electron chi connectivity index (χ0n) is 18.1. The van der Waals surface area contributed by atoms with Crippen LogP contribution >= 0.6 is 0 Å². The van der Waals surface area contributed by atoms with Crippen molar-refractivity contribution in [2.75, 3.05) is 32.1 Å². The third kappa shape index (κ3) is 5.13. The molecule has 7 nitrogen and oxygen atoms in total. The van der Waals surface area contributed by atoms with Gasteiger partial charge in [-0.05, 0) is 31.2 Å². The van der Waals surface area contributed by atoms with Gasteiger partial charge in [-0.25, -0.2) is 13.8 Å². The molecular formula is C22H22F3N5O2. The molecule has 10 heteroatoms. The molecule has 0 unspecified atom stereocenters. The molecule has 0 aliphatic rings. The monoisotopic (exact) mass is 445 g/mol. The standard InChI is InChI=1S/C22H22F3N5O2/c1-13-19(23)20(24)21(28-22(13)25)15-5-7-16(8-6-15)32-18-12-26-11-17(27-18)30(4)10-9-29(3)14(2)31/h5-8,11-12H,9-10H2,1-4H3. The van der Waals surface area contributed by atoms with Gasteiger partial charge in [-0.15, -0.1) is 0 Å². The Morgan fingerprint density at radius 1 is 1.00 bits per heavy atom. The highest BCUT2D eigenvalue weighted by Gasteiger charge is 2.19. The average molecular weight is 445 g/mol. The number of hydrogen-bond acceptors (Lipinski definition) is 6. The molecule has 0 saturated carbocycles. The summed E-state index contributed by atoms with van der Waals surface area (Å²) in [5, 5.41) is 0. The molecule has 0 spiro atoms. The number of nitrogens with zero attached hydrogens (tertiary/aromatic N) is 5. The lowest BCUT2D eigenvalue weighted by molar-refractivity contribution is -0.127. The van der Waals surface area contributed by atoms with Crippen molar-refractivity contribution in [2.45, 2.75) is 13.8 Å². The van der Waals surface area contributed by atoms with Crippen molar-refractivity contribution >= 4 is 11.7 Å². The largest absolute Gasteiger partial charge is 0.437 e. The molecule has 0 fully saturated rings. The van der Waals surface area contributed by atoms with Gasteiger partial charge >= 0.3 is 0 Å². The van der Waals surface area contributed by atoms with Crippen LogP contribution in [0.1, 0.15) is 12.5 Å². The molecule has 0 N–H and O–H groups in total. The first kappa shape index (κ1) is 23.0. The number of aromatic nitrogens is 3. The molecule has 32 heavy (non-hydrogen) atoms. The molecule has 2 heterocycles. The molecule has 3 aromatic rings. The number of halogens is 3. The minimum atomic E-state index is -1.27. The van der Waals surface area contributed by atoms with Crippen LogP contribution in [0.2, 0.25) is 0 Å². The number of ether oxygens (including phenoxy) is 1. The molecule has 0 atom stereocenters. The Balaban J connectivity index is 1.73. The second-order valence-corrected chi connectivity index (χ2v) is 7.21. The van der Waals surface area contributed by atoms with Gasteiger partial charge in [-0.2, -0.15) is 9.37 Å². The molecule has 2 aromatic heterocycles. The van der Waals surface area contributed by atoms with Gasteiger partial charge < -0.3 is 14.5 Å². The van der Waals surface area contributed by atoms with Crippen LogP contribution in [-0.4, -0.2) is 52.9 Å². The predicted molar refractivity (Wildman–Crippen MR) is 113 cm³/mol. The Kier molecular flexibility index (Phi) is 6.92. The molecule has 0 radical (unpaired) electrons. The Morgan fingerprint density at radius 3 is 2.34 bits per heavy atom. The first-order chi connectivity index (χ1) is 15.2. The van der Waals surface area contributed by atoms with Gasteiger partial charge in [0.1, 0.15) is 11.4 Å². The van der Waals surface area contributed by atoms with Gasteiger partial charge in [0.15, 0.2) is 17.5 Å². The Hall–Kier alpha value is -3.69. The van der Waals surface area contributed by atoms with E-state index >= 15 is 0 Å². The van der Waals surface area contributed by atoms with Crippen molar-refractivity contribution in [1.29, 1.82) is 0 Å². The maximum absolute atomic E-state index is 14.2. The Labute approximate surface area is 183 Å². The lowest BCUT2D eigenvalue weighted by atomic mass is 10.1. The van der Waals surface area contributed by atoms with Crippen molar-refractivity contribution in [3.8, 4) is 22.9 Å². The highest BCUT2D eigenvalue weighted by atomic mass is 19.2. The van der Waals surface area contributed by atoms with Crippen molar-refractivity contribution < 1.29 is 22.7 Å². The highest BCUT2D eigenvalue weighted by molar-refractivity contribution is 5.72. The second-order valence-electron chi connectivity index (χ2n) is 7.21. The quantitative estimate of drug-likeness (QED) is 0.513. The number of carbonyl (C=O) groups is 1. The van der Waals surface area contributed by atoms with Gasteiger partial charge in [0.25, 0.3) is 0 Å². The van der Waals surface area contributed by atoms with E-state index in [1.54, 1.807) is 18.1 Å². The smallest absolute Gasteiger partial charge is 0.239 e. The summed E-state index contributed by atoms with van der Waals surface area (Å²) in [4.78, 5) is 26.8. The summed E-state index contributed by atoms with van der Waals surface area (Å²) < 4.78 is 47.4. The van der Waals surface area contributed by atoms with Gasteiger partial charge in [0, 0.05) is 45.2 Å². The summed E-state index contributed by atoms with van der Waals surface area (Å²) in [6, 6.07) is 5.89. The second kappa shape index (κ2) is 9.63. The topological polar surface area (TPSA) is 71.5 Å². The van der Waals surface area contributed by atoms with Gasteiger partial charge in [-0.1, -0.05) is 0 Å². The minimum Gasteiger partial charge on any atom is -0.437 e. The van der Waals surface area contributed by atoms with E-state index in [1.165, 1.54) is 37.4 Å². The molecule has 1 aromatic carbocycles.